The summed E-state index contributed by atoms with van der Waals surface area (Å²) in [7, 11) is 1.68. The third-order valence-electron chi connectivity index (χ3n) is 3.37. The maximum absolute atomic E-state index is 6.40. The van der Waals surface area contributed by atoms with E-state index in [1.165, 1.54) is 5.56 Å². The van der Waals surface area contributed by atoms with Gasteiger partial charge in [0.05, 0.1) is 18.8 Å². The molecule has 0 spiro atoms. The highest BCUT2D eigenvalue weighted by atomic mass is 16.5. The van der Waals surface area contributed by atoms with Crippen molar-refractivity contribution in [2.24, 2.45) is 5.73 Å². The van der Waals surface area contributed by atoms with Gasteiger partial charge in [0.15, 0.2) is 0 Å². The highest BCUT2D eigenvalue weighted by Gasteiger charge is 2.19. The molecule has 1 atom stereocenters. The minimum atomic E-state index is -0.267. The highest BCUT2D eigenvalue weighted by molar-refractivity contribution is 5.48. The lowest BCUT2D eigenvalue weighted by Crippen LogP contribution is -2.17. The van der Waals surface area contributed by atoms with Crippen LogP contribution in [0.25, 0.3) is 0 Å². The predicted octanol–water partition coefficient (Wildman–Crippen LogP) is 3.06. The van der Waals surface area contributed by atoms with Gasteiger partial charge in [-0.2, -0.15) is 0 Å². The van der Waals surface area contributed by atoms with E-state index < -0.39 is 0 Å². The Balaban J connectivity index is 2.56. The molecule has 0 fully saturated rings. The van der Waals surface area contributed by atoms with Crippen LogP contribution in [0.15, 0.2) is 30.5 Å². The van der Waals surface area contributed by atoms with Gasteiger partial charge in [0.2, 0.25) is 0 Å². The van der Waals surface area contributed by atoms with Gasteiger partial charge in [0, 0.05) is 11.8 Å². The molecule has 0 radical (unpaired) electrons. The molecule has 0 saturated heterocycles. The first-order valence-electron chi connectivity index (χ1n) is 6.36. The molecule has 2 rings (SSSR count). The lowest BCUT2D eigenvalue weighted by atomic mass is 9.94. The van der Waals surface area contributed by atoms with E-state index in [1.807, 2.05) is 25.1 Å². The zero-order chi connectivity index (χ0) is 14.0. The molecule has 1 heterocycles. The average molecular weight is 256 g/mol. The average Bonchev–Trinajstić information content (AvgIpc) is 2.37. The Hall–Kier alpha value is -1.87. The molecule has 3 nitrogen and oxygen atoms in total. The van der Waals surface area contributed by atoms with E-state index in [4.69, 9.17) is 10.5 Å². The van der Waals surface area contributed by atoms with Crippen LogP contribution in [0.4, 0.5) is 0 Å². The molecule has 0 bridgehead atoms. The lowest BCUT2D eigenvalue weighted by Gasteiger charge is -2.20. The SMILES string of the molecule is COc1cc(C)cc(C)c1C(N)c1ncccc1C. The molecule has 0 aliphatic rings. The molecule has 3 heteroatoms. The van der Waals surface area contributed by atoms with Gasteiger partial charge < -0.3 is 10.5 Å². The first kappa shape index (κ1) is 13.6. The molecule has 0 saturated carbocycles. The molecule has 0 aliphatic heterocycles. The van der Waals surface area contributed by atoms with Crippen molar-refractivity contribution in [1.82, 2.24) is 4.98 Å². The summed E-state index contributed by atoms with van der Waals surface area (Å²) in [6.07, 6.45) is 1.78. The Kier molecular flexibility index (Phi) is 3.86. The van der Waals surface area contributed by atoms with Crippen molar-refractivity contribution in [2.45, 2.75) is 26.8 Å². The minimum absolute atomic E-state index is 0.267. The topological polar surface area (TPSA) is 48.1 Å². The van der Waals surface area contributed by atoms with Crippen LogP contribution < -0.4 is 10.5 Å². The normalized spacial score (nSPS) is 12.3. The number of rotatable bonds is 3. The van der Waals surface area contributed by atoms with Crippen LogP contribution in [0, 0.1) is 20.8 Å². The fourth-order valence-corrected chi connectivity index (χ4v) is 2.47. The quantitative estimate of drug-likeness (QED) is 0.918. The van der Waals surface area contributed by atoms with Gasteiger partial charge in [-0.05, 0) is 49.6 Å². The van der Waals surface area contributed by atoms with Crippen molar-refractivity contribution in [2.75, 3.05) is 7.11 Å². The van der Waals surface area contributed by atoms with Crippen LogP contribution >= 0.6 is 0 Å². The van der Waals surface area contributed by atoms with Crippen molar-refractivity contribution in [3.8, 4) is 5.75 Å². The second-order valence-corrected chi connectivity index (χ2v) is 4.88. The summed E-state index contributed by atoms with van der Waals surface area (Å²) in [5.74, 6) is 0.829. The second kappa shape index (κ2) is 5.41. The highest BCUT2D eigenvalue weighted by Crippen LogP contribution is 2.32. The number of methoxy groups -OCH3 is 1. The summed E-state index contributed by atoms with van der Waals surface area (Å²) in [6, 6.07) is 7.82. The molecule has 1 aromatic heterocycles. The monoisotopic (exact) mass is 256 g/mol. The first-order chi connectivity index (χ1) is 9.04. The smallest absolute Gasteiger partial charge is 0.124 e. The number of nitrogens with zero attached hydrogens (tertiary/aromatic N) is 1. The van der Waals surface area contributed by atoms with E-state index in [0.717, 1.165) is 28.1 Å². The van der Waals surface area contributed by atoms with Gasteiger partial charge in [0.25, 0.3) is 0 Å². The number of pyridine rings is 1. The summed E-state index contributed by atoms with van der Waals surface area (Å²) in [5.41, 5.74) is 11.7. The van der Waals surface area contributed by atoms with E-state index in [-0.39, 0.29) is 6.04 Å². The fourth-order valence-electron chi connectivity index (χ4n) is 2.47. The van der Waals surface area contributed by atoms with E-state index in [1.54, 1.807) is 13.3 Å². The molecular formula is C16H20N2O. The largest absolute Gasteiger partial charge is 0.496 e. The summed E-state index contributed by atoms with van der Waals surface area (Å²) in [5, 5.41) is 0. The number of benzene rings is 1. The maximum Gasteiger partial charge on any atom is 0.124 e. The summed E-state index contributed by atoms with van der Waals surface area (Å²) < 4.78 is 5.48. The fraction of sp³-hybridized carbons (Fsp3) is 0.312. The summed E-state index contributed by atoms with van der Waals surface area (Å²) >= 11 is 0. The van der Waals surface area contributed by atoms with Crippen molar-refractivity contribution >= 4 is 0 Å². The minimum Gasteiger partial charge on any atom is -0.496 e. The van der Waals surface area contributed by atoms with Crippen LogP contribution in [0.5, 0.6) is 5.75 Å². The second-order valence-electron chi connectivity index (χ2n) is 4.88. The Morgan fingerprint density at radius 3 is 2.53 bits per heavy atom. The molecule has 0 aliphatic carbocycles. The number of ether oxygens (including phenoxy) is 1. The van der Waals surface area contributed by atoms with Gasteiger partial charge in [-0.3, -0.25) is 4.98 Å². The molecule has 0 amide bonds. The molecule has 2 aromatic rings. The Labute approximate surface area is 114 Å². The van der Waals surface area contributed by atoms with E-state index in [9.17, 15) is 0 Å². The van der Waals surface area contributed by atoms with Gasteiger partial charge in [-0.25, -0.2) is 0 Å². The van der Waals surface area contributed by atoms with Gasteiger partial charge >= 0.3 is 0 Å². The molecule has 1 unspecified atom stereocenters. The molecule has 2 N–H and O–H groups in total. The van der Waals surface area contributed by atoms with Crippen LogP contribution in [-0.2, 0) is 0 Å². The summed E-state index contributed by atoms with van der Waals surface area (Å²) in [4.78, 5) is 4.41. The van der Waals surface area contributed by atoms with Crippen molar-refractivity contribution in [3.63, 3.8) is 0 Å². The number of aromatic nitrogens is 1. The number of nitrogens with two attached hydrogens (primary N) is 1. The molecule has 1 aromatic carbocycles. The standard InChI is InChI=1S/C16H20N2O/c1-10-8-12(3)14(13(9-10)19-4)15(17)16-11(2)6-5-7-18-16/h5-9,15H,17H2,1-4H3. The van der Waals surface area contributed by atoms with Crippen LogP contribution in [0.1, 0.15) is 34.0 Å². The van der Waals surface area contributed by atoms with Gasteiger partial charge in [-0.1, -0.05) is 12.1 Å². The van der Waals surface area contributed by atoms with E-state index in [2.05, 4.69) is 24.9 Å². The first-order valence-corrected chi connectivity index (χ1v) is 6.36. The van der Waals surface area contributed by atoms with Gasteiger partial charge in [-0.15, -0.1) is 0 Å². The number of aryl methyl sites for hydroxylation is 3. The lowest BCUT2D eigenvalue weighted by molar-refractivity contribution is 0.406. The third-order valence-corrected chi connectivity index (χ3v) is 3.37. The Morgan fingerprint density at radius 2 is 1.89 bits per heavy atom. The van der Waals surface area contributed by atoms with E-state index in [0.29, 0.717) is 0 Å². The predicted molar refractivity (Wildman–Crippen MR) is 77.5 cm³/mol. The maximum atomic E-state index is 6.40. The molecule has 100 valence electrons. The van der Waals surface area contributed by atoms with Crippen molar-refractivity contribution in [3.05, 3.63) is 58.4 Å². The molecular weight excluding hydrogens is 236 g/mol. The zero-order valence-corrected chi connectivity index (χ0v) is 11.9. The summed E-state index contributed by atoms with van der Waals surface area (Å²) in [6.45, 7) is 6.14. The van der Waals surface area contributed by atoms with E-state index >= 15 is 0 Å². The molecule has 19 heavy (non-hydrogen) atoms. The third kappa shape index (κ3) is 2.61. The zero-order valence-electron chi connectivity index (χ0n) is 11.9. The van der Waals surface area contributed by atoms with Crippen molar-refractivity contribution in [1.29, 1.82) is 0 Å². The Bertz CT molecular complexity index is 593. The van der Waals surface area contributed by atoms with Crippen LogP contribution in [0.3, 0.4) is 0 Å². The van der Waals surface area contributed by atoms with Crippen LogP contribution in [0.2, 0.25) is 0 Å². The number of hydrogen-bond donors (Lipinski definition) is 1. The Morgan fingerprint density at radius 1 is 1.16 bits per heavy atom. The van der Waals surface area contributed by atoms with Crippen LogP contribution in [-0.4, -0.2) is 12.1 Å². The number of hydrogen-bond acceptors (Lipinski definition) is 3. The van der Waals surface area contributed by atoms with Gasteiger partial charge in [0.1, 0.15) is 5.75 Å². The van der Waals surface area contributed by atoms with Crippen molar-refractivity contribution < 1.29 is 4.74 Å².